The van der Waals surface area contributed by atoms with Crippen LogP contribution in [0.15, 0.2) is 48.5 Å². The van der Waals surface area contributed by atoms with Crippen molar-refractivity contribution >= 4 is 34.9 Å². The van der Waals surface area contributed by atoms with Crippen molar-refractivity contribution in [3.05, 3.63) is 98.2 Å². The van der Waals surface area contributed by atoms with Gasteiger partial charge >= 0.3 is 0 Å². The maximum absolute atomic E-state index is 14.1. The fourth-order valence-electron chi connectivity index (χ4n) is 3.52. The topological polar surface area (TPSA) is 64.7 Å². The molecule has 2 heterocycles. The van der Waals surface area contributed by atoms with Gasteiger partial charge in [0.2, 0.25) is 0 Å². The van der Waals surface area contributed by atoms with E-state index in [2.05, 4.69) is 15.5 Å². The summed E-state index contributed by atoms with van der Waals surface area (Å²) in [6.07, 6.45) is 0. The number of hydrogen-bond donors (Lipinski definition) is 1. The number of hydrogen-bond acceptors (Lipinski definition) is 3. The van der Waals surface area contributed by atoms with Gasteiger partial charge in [0.1, 0.15) is 5.82 Å². The molecule has 4 rings (SSSR count). The lowest BCUT2D eigenvalue weighted by atomic mass is 10.1. The molecule has 0 aliphatic heterocycles. The maximum Gasteiger partial charge on any atom is 0.256 e. The molecule has 1 amide bonds. The highest BCUT2D eigenvalue weighted by molar-refractivity contribution is 6.32. The summed E-state index contributed by atoms with van der Waals surface area (Å²) in [7, 11) is 0. The van der Waals surface area contributed by atoms with E-state index in [4.69, 9.17) is 23.2 Å². The molecule has 0 bridgehead atoms. The molecule has 4 aromatic rings. The maximum atomic E-state index is 14.1. The number of amides is 1. The average molecular weight is 486 g/mol. The van der Waals surface area contributed by atoms with E-state index in [0.29, 0.717) is 33.5 Å². The van der Waals surface area contributed by atoms with Gasteiger partial charge in [-0.1, -0.05) is 41.4 Å². The van der Waals surface area contributed by atoms with E-state index in [1.807, 2.05) is 37.6 Å². The number of carbonyl (C=O) groups excluding carboxylic acids is 1. The highest BCUT2D eigenvalue weighted by atomic mass is 35.5. The van der Waals surface area contributed by atoms with Crippen LogP contribution >= 0.6 is 23.2 Å². The number of benzene rings is 2. The minimum absolute atomic E-state index is 0.165. The molecule has 1 N–H and O–H groups in total. The van der Waals surface area contributed by atoms with Crippen LogP contribution in [0, 0.1) is 26.6 Å². The minimum Gasteiger partial charge on any atom is -0.305 e. The highest BCUT2D eigenvalue weighted by Gasteiger charge is 2.14. The number of rotatable bonds is 6. The van der Waals surface area contributed by atoms with E-state index < -0.39 is 5.82 Å². The van der Waals surface area contributed by atoms with Crippen LogP contribution in [0.3, 0.4) is 0 Å². The van der Waals surface area contributed by atoms with Gasteiger partial charge in [0, 0.05) is 27.9 Å². The molecule has 2 aromatic heterocycles. The standard InChI is InChI=1S/C24H22Cl2FN5O/c1-14-11-22(30-31(14)13-19-20(25)5-4-6-21(19)27)28-24(33)18-9-7-17(8-10-18)12-32-16(3)23(26)15(2)29-32/h4-11H,12-13H2,1-3H3,(H,28,30,33). The van der Waals surface area contributed by atoms with Crippen LogP contribution in [-0.2, 0) is 13.1 Å². The van der Waals surface area contributed by atoms with Gasteiger partial charge in [-0.05, 0) is 50.6 Å². The molecule has 0 fully saturated rings. The second kappa shape index (κ2) is 9.37. The first-order chi connectivity index (χ1) is 15.7. The van der Waals surface area contributed by atoms with Crippen LogP contribution in [-0.4, -0.2) is 25.5 Å². The zero-order valence-corrected chi connectivity index (χ0v) is 19.9. The molecule has 0 aliphatic rings. The van der Waals surface area contributed by atoms with E-state index in [9.17, 15) is 9.18 Å². The number of nitrogens with zero attached hydrogens (tertiary/aromatic N) is 4. The Bertz CT molecular complexity index is 1310. The van der Waals surface area contributed by atoms with Gasteiger partial charge in [-0.3, -0.25) is 14.2 Å². The van der Waals surface area contributed by atoms with Crippen LogP contribution in [0.1, 0.15) is 38.6 Å². The minimum atomic E-state index is -0.397. The fourth-order valence-corrected chi connectivity index (χ4v) is 3.87. The molecule has 6 nitrogen and oxygen atoms in total. The van der Waals surface area contributed by atoms with Gasteiger partial charge in [0.05, 0.1) is 29.5 Å². The number of nitrogens with one attached hydrogen (secondary N) is 1. The highest BCUT2D eigenvalue weighted by Crippen LogP contribution is 2.22. The molecule has 170 valence electrons. The molecule has 2 aromatic carbocycles. The van der Waals surface area contributed by atoms with Gasteiger partial charge in [0.15, 0.2) is 5.82 Å². The summed E-state index contributed by atoms with van der Waals surface area (Å²) in [5.74, 6) is -0.304. The third-order valence-corrected chi connectivity index (χ3v) is 6.34. The Morgan fingerprint density at radius 2 is 1.73 bits per heavy atom. The Kier molecular flexibility index (Phi) is 6.54. The van der Waals surface area contributed by atoms with Gasteiger partial charge in [-0.25, -0.2) is 4.39 Å². The third kappa shape index (κ3) is 4.94. The number of aryl methyl sites for hydroxylation is 2. The predicted molar refractivity (Wildman–Crippen MR) is 128 cm³/mol. The van der Waals surface area contributed by atoms with Crippen molar-refractivity contribution in [2.24, 2.45) is 0 Å². The van der Waals surface area contributed by atoms with Crippen molar-refractivity contribution in [1.82, 2.24) is 19.6 Å². The SMILES string of the molecule is Cc1nn(Cc2ccc(C(=O)Nc3cc(C)n(Cc4c(F)cccc4Cl)n3)cc2)c(C)c1Cl. The molecule has 0 saturated heterocycles. The lowest BCUT2D eigenvalue weighted by molar-refractivity contribution is 0.102. The summed E-state index contributed by atoms with van der Waals surface area (Å²) in [6.45, 7) is 6.35. The summed E-state index contributed by atoms with van der Waals surface area (Å²) in [4.78, 5) is 12.7. The average Bonchev–Trinajstić information content (AvgIpc) is 3.24. The van der Waals surface area contributed by atoms with Crippen LogP contribution in [0.5, 0.6) is 0 Å². The zero-order valence-electron chi connectivity index (χ0n) is 18.4. The van der Waals surface area contributed by atoms with Crippen LogP contribution in [0.4, 0.5) is 10.2 Å². The lowest BCUT2D eigenvalue weighted by Gasteiger charge is -2.08. The molecule has 0 aliphatic carbocycles. The van der Waals surface area contributed by atoms with Crippen molar-refractivity contribution in [3.63, 3.8) is 0 Å². The number of carbonyl (C=O) groups is 1. The van der Waals surface area contributed by atoms with Gasteiger partial charge in [-0.15, -0.1) is 0 Å². The van der Waals surface area contributed by atoms with Gasteiger partial charge < -0.3 is 5.32 Å². The van der Waals surface area contributed by atoms with Crippen molar-refractivity contribution in [2.45, 2.75) is 33.9 Å². The Morgan fingerprint density at radius 1 is 1.00 bits per heavy atom. The van der Waals surface area contributed by atoms with E-state index in [1.165, 1.54) is 6.07 Å². The number of aromatic nitrogens is 4. The van der Waals surface area contributed by atoms with Crippen molar-refractivity contribution in [3.8, 4) is 0 Å². The monoisotopic (exact) mass is 485 g/mol. The first-order valence-corrected chi connectivity index (χ1v) is 11.1. The summed E-state index contributed by atoms with van der Waals surface area (Å²) in [5, 5.41) is 12.6. The Morgan fingerprint density at radius 3 is 2.36 bits per heavy atom. The molecule has 33 heavy (non-hydrogen) atoms. The first kappa shape index (κ1) is 23.0. The van der Waals surface area contributed by atoms with E-state index in [1.54, 1.807) is 35.0 Å². The van der Waals surface area contributed by atoms with E-state index in [0.717, 1.165) is 22.6 Å². The van der Waals surface area contributed by atoms with E-state index >= 15 is 0 Å². The third-order valence-electron chi connectivity index (χ3n) is 5.43. The predicted octanol–water partition coefficient (Wildman–Crippen LogP) is 5.80. The molecule has 0 spiro atoms. The van der Waals surface area contributed by atoms with Crippen LogP contribution < -0.4 is 5.32 Å². The number of anilines is 1. The zero-order chi connectivity index (χ0) is 23.7. The van der Waals surface area contributed by atoms with Crippen LogP contribution in [0.2, 0.25) is 10.0 Å². The largest absolute Gasteiger partial charge is 0.305 e. The molecule has 0 atom stereocenters. The fraction of sp³-hybridized carbons (Fsp3) is 0.208. The molecule has 9 heteroatoms. The smallest absolute Gasteiger partial charge is 0.256 e. The van der Waals surface area contributed by atoms with Crippen molar-refractivity contribution in [2.75, 3.05) is 5.32 Å². The number of halogens is 3. The van der Waals surface area contributed by atoms with Crippen LogP contribution in [0.25, 0.3) is 0 Å². The molecule has 0 unspecified atom stereocenters. The first-order valence-electron chi connectivity index (χ1n) is 10.3. The summed E-state index contributed by atoms with van der Waals surface area (Å²) < 4.78 is 17.5. The quantitative estimate of drug-likeness (QED) is 0.375. The summed E-state index contributed by atoms with van der Waals surface area (Å²) in [6, 6.07) is 13.5. The Labute approximate surface area is 200 Å². The molecule has 0 saturated carbocycles. The van der Waals surface area contributed by atoms with Gasteiger partial charge in [-0.2, -0.15) is 10.2 Å². The second-order valence-electron chi connectivity index (χ2n) is 7.82. The molecular formula is C24H22Cl2FN5O. The lowest BCUT2D eigenvalue weighted by Crippen LogP contribution is -2.13. The summed E-state index contributed by atoms with van der Waals surface area (Å²) >= 11 is 12.3. The molecule has 0 radical (unpaired) electrons. The van der Waals surface area contributed by atoms with Crippen molar-refractivity contribution in [1.29, 1.82) is 0 Å². The Balaban J connectivity index is 1.44. The summed E-state index contributed by atoms with van der Waals surface area (Å²) in [5.41, 5.74) is 4.30. The normalized spacial score (nSPS) is 11.1. The van der Waals surface area contributed by atoms with Gasteiger partial charge in [0.25, 0.3) is 5.91 Å². The van der Waals surface area contributed by atoms with E-state index in [-0.39, 0.29) is 12.5 Å². The Hall–Kier alpha value is -3.16. The molecular weight excluding hydrogens is 464 g/mol. The second-order valence-corrected chi connectivity index (χ2v) is 8.61. The van der Waals surface area contributed by atoms with Crippen molar-refractivity contribution < 1.29 is 9.18 Å².